The van der Waals surface area contributed by atoms with Gasteiger partial charge < -0.3 is 10.1 Å². The molecule has 84 valence electrons. The van der Waals surface area contributed by atoms with Gasteiger partial charge in [-0.3, -0.25) is 0 Å². The molecule has 0 heterocycles. The SMILES string of the molecule is CCCCNCCOc1cccc(Cl)c1. The number of rotatable bonds is 7. The molecule has 0 aliphatic rings. The highest BCUT2D eigenvalue weighted by Crippen LogP contribution is 2.16. The van der Waals surface area contributed by atoms with E-state index in [1.165, 1.54) is 12.8 Å². The number of benzene rings is 1. The molecular weight excluding hydrogens is 210 g/mol. The number of unbranched alkanes of at least 4 members (excludes halogenated alkanes) is 1. The molecule has 0 saturated carbocycles. The lowest BCUT2D eigenvalue weighted by atomic mass is 10.3. The fourth-order valence-electron chi connectivity index (χ4n) is 1.22. The van der Waals surface area contributed by atoms with Crippen LogP contribution in [0.15, 0.2) is 24.3 Å². The Kier molecular flexibility index (Phi) is 6.21. The Labute approximate surface area is 96.6 Å². The summed E-state index contributed by atoms with van der Waals surface area (Å²) in [5, 5.41) is 4.03. The minimum atomic E-state index is 0.685. The van der Waals surface area contributed by atoms with Crippen molar-refractivity contribution in [1.82, 2.24) is 5.32 Å². The fourth-order valence-corrected chi connectivity index (χ4v) is 1.40. The van der Waals surface area contributed by atoms with Crippen molar-refractivity contribution in [3.63, 3.8) is 0 Å². The molecule has 0 amide bonds. The van der Waals surface area contributed by atoms with Crippen molar-refractivity contribution in [2.45, 2.75) is 19.8 Å². The average molecular weight is 228 g/mol. The smallest absolute Gasteiger partial charge is 0.120 e. The summed E-state index contributed by atoms with van der Waals surface area (Å²) in [6.07, 6.45) is 2.44. The van der Waals surface area contributed by atoms with E-state index in [1.54, 1.807) is 0 Å². The largest absolute Gasteiger partial charge is 0.492 e. The van der Waals surface area contributed by atoms with Gasteiger partial charge in [0.15, 0.2) is 0 Å². The highest BCUT2D eigenvalue weighted by molar-refractivity contribution is 6.30. The summed E-state index contributed by atoms with van der Waals surface area (Å²) in [6, 6.07) is 7.47. The zero-order valence-electron chi connectivity index (χ0n) is 9.13. The van der Waals surface area contributed by atoms with Gasteiger partial charge >= 0.3 is 0 Å². The third-order valence-electron chi connectivity index (χ3n) is 2.05. The molecule has 0 aliphatic heterocycles. The second kappa shape index (κ2) is 7.55. The molecule has 3 heteroatoms. The Balaban J connectivity index is 2.10. The maximum Gasteiger partial charge on any atom is 0.120 e. The van der Waals surface area contributed by atoms with Crippen molar-refractivity contribution in [2.24, 2.45) is 0 Å². The molecule has 0 spiro atoms. The first-order valence-corrected chi connectivity index (χ1v) is 5.80. The molecule has 1 aromatic rings. The van der Waals surface area contributed by atoms with E-state index in [1.807, 2.05) is 24.3 Å². The molecule has 15 heavy (non-hydrogen) atoms. The zero-order valence-corrected chi connectivity index (χ0v) is 9.89. The summed E-state index contributed by atoms with van der Waals surface area (Å²) in [6.45, 7) is 4.82. The highest BCUT2D eigenvalue weighted by atomic mass is 35.5. The van der Waals surface area contributed by atoms with E-state index in [9.17, 15) is 0 Å². The lowest BCUT2D eigenvalue weighted by Gasteiger charge is -2.07. The monoisotopic (exact) mass is 227 g/mol. The first-order chi connectivity index (χ1) is 7.33. The average Bonchev–Trinajstić information content (AvgIpc) is 2.23. The minimum Gasteiger partial charge on any atom is -0.492 e. The van der Waals surface area contributed by atoms with E-state index in [4.69, 9.17) is 16.3 Å². The van der Waals surface area contributed by atoms with Crippen molar-refractivity contribution in [1.29, 1.82) is 0 Å². The normalized spacial score (nSPS) is 10.3. The molecule has 0 aliphatic carbocycles. The maximum atomic E-state index is 5.83. The van der Waals surface area contributed by atoms with Gasteiger partial charge in [0.25, 0.3) is 0 Å². The summed E-state index contributed by atoms with van der Waals surface area (Å²) in [7, 11) is 0. The molecule has 1 N–H and O–H groups in total. The third kappa shape index (κ3) is 5.65. The first-order valence-electron chi connectivity index (χ1n) is 5.42. The van der Waals surface area contributed by atoms with E-state index >= 15 is 0 Å². The van der Waals surface area contributed by atoms with Crippen molar-refractivity contribution < 1.29 is 4.74 Å². The van der Waals surface area contributed by atoms with Gasteiger partial charge in [-0.2, -0.15) is 0 Å². The van der Waals surface area contributed by atoms with Crippen LogP contribution in [0, 0.1) is 0 Å². The van der Waals surface area contributed by atoms with Gasteiger partial charge in [0.2, 0.25) is 0 Å². The van der Waals surface area contributed by atoms with Crippen LogP contribution in [0.5, 0.6) is 5.75 Å². The fraction of sp³-hybridized carbons (Fsp3) is 0.500. The molecule has 0 saturated heterocycles. The lowest BCUT2D eigenvalue weighted by Crippen LogP contribution is -2.21. The van der Waals surface area contributed by atoms with Gasteiger partial charge in [-0.15, -0.1) is 0 Å². The number of hydrogen-bond donors (Lipinski definition) is 1. The van der Waals surface area contributed by atoms with Crippen molar-refractivity contribution >= 4 is 11.6 Å². The minimum absolute atomic E-state index is 0.685. The maximum absolute atomic E-state index is 5.83. The summed E-state index contributed by atoms with van der Waals surface area (Å²) in [4.78, 5) is 0. The van der Waals surface area contributed by atoms with Crippen LogP contribution in [-0.4, -0.2) is 19.7 Å². The molecule has 1 aromatic carbocycles. The molecule has 0 atom stereocenters. The number of halogens is 1. The quantitative estimate of drug-likeness (QED) is 0.723. The molecule has 0 unspecified atom stereocenters. The van der Waals surface area contributed by atoms with Crippen LogP contribution in [0.4, 0.5) is 0 Å². The van der Waals surface area contributed by atoms with E-state index < -0.39 is 0 Å². The lowest BCUT2D eigenvalue weighted by molar-refractivity contribution is 0.314. The summed E-state index contributed by atoms with van der Waals surface area (Å²) in [5.74, 6) is 0.833. The Morgan fingerprint density at radius 2 is 2.20 bits per heavy atom. The van der Waals surface area contributed by atoms with Crippen molar-refractivity contribution in [3.05, 3.63) is 29.3 Å². The summed E-state index contributed by atoms with van der Waals surface area (Å²) in [5.41, 5.74) is 0. The number of nitrogens with one attached hydrogen (secondary N) is 1. The van der Waals surface area contributed by atoms with Gasteiger partial charge in [0, 0.05) is 11.6 Å². The van der Waals surface area contributed by atoms with Crippen LogP contribution >= 0.6 is 11.6 Å². The van der Waals surface area contributed by atoms with Gasteiger partial charge in [0.05, 0.1) is 0 Å². The Hall–Kier alpha value is -0.730. The Bertz CT molecular complexity index is 278. The van der Waals surface area contributed by atoms with E-state index in [-0.39, 0.29) is 0 Å². The number of ether oxygens (including phenoxy) is 1. The number of hydrogen-bond acceptors (Lipinski definition) is 2. The predicted octanol–water partition coefficient (Wildman–Crippen LogP) is 3.11. The summed E-state index contributed by atoms with van der Waals surface area (Å²) < 4.78 is 5.52. The van der Waals surface area contributed by atoms with Crippen LogP contribution in [0.25, 0.3) is 0 Å². The second-order valence-electron chi connectivity index (χ2n) is 3.41. The second-order valence-corrected chi connectivity index (χ2v) is 3.85. The Morgan fingerprint density at radius 3 is 2.93 bits per heavy atom. The van der Waals surface area contributed by atoms with Gasteiger partial charge in [-0.05, 0) is 31.2 Å². The van der Waals surface area contributed by atoms with Gasteiger partial charge in [-0.1, -0.05) is 31.0 Å². The molecule has 0 fully saturated rings. The molecule has 0 bridgehead atoms. The van der Waals surface area contributed by atoms with Crippen LogP contribution in [-0.2, 0) is 0 Å². The molecule has 1 rings (SSSR count). The summed E-state index contributed by atoms with van der Waals surface area (Å²) >= 11 is 5.83. The standard InChI is InChI=1S/C12H18ClNO/c1-2-3-7-14-8-9-15-12-6-4-5-11(13)10-12/h4-6,10,14H,2-3,7-9H2,1H3. The highest BCUT2D eigenvalue weighted by Gasteiger charge is 1.94. The molecule has 0 aromatic heterocycles. The van der Waals surface area contributed by atoms with Crippen LogP contribution in [0.3, 0.4) is 0 Å². The van der Waals surface area contributed by atoms with Crippen molar-refractivity contribution in [2.75, 3.05) is 19.7 Å². The van der Waals surface area contributed by atoms with Crippen LogP contribution < -0.4 is 10.1 Å². The van der Waals surface area contributed by atoms with E-state index in [0.717, 1.165) is 18.8 Å². The van der Waals surface area contributed by atoms with Gasteiger partial charge in [-0.25, -0.2) is 0 Å². The van der Waals surface area contributed by atoms with Crippen molar-refractivity contribution in [3.8, 4) is 5.75 Å². The Morgan fingerprint density at radius 1 is 1.33 bits per heavy atom. The van der Waals surface area contributed by atoms with Gasteiger partial charge in [0.1, 0.15) is 12.4 Å². The molecular formula is C12H18ClNO. The topological polar surface area (TPSA) is 21.3 Å². The first kappa shape index (κ1) is 12.3. The van der Waals surface area contributed by atoms with E-state index in [2.05, 4.69) is 12.2 Å². The van der Waals surface area contributed by atoms with Crippen LogP contribution in [0.1, 0.15) is 19.8 Å². The predicted molar refractivity (Wildman–Crippen MR) is 64.7 cm³/mol. The van der Waals surface area contributed by atoms with Crippen LogP contribution in [0.2, 0.25) is 5.02 Å². The van der Waals surface area contributed by atoms with E-state index in [0.29, 0.717) is 11.6 Å². The third-order valence-corrected chi connectivity index (χ3v) is 2.29. The molecule has 0 radical (unpaired) electrons. The molecule has 2 nitrogen and oxygen atoms in total. The zero-order chi connectivity index (χ0) is 10.9.